The molecule has 0 bridgehead atoms. The Bertz CT molecular complexity index is 358. The van der Waals surface area contributed by atoms with Crippen LogP contribution in [0, 0.1) is 5.41 Å². The number of ether oxygens (including phenoxy) is 2. The average Bonchev–Trinajstić information content (AvgIpc) is 2.21. The van der Waals surface area contributed by atoms with Crippen LogP contribution < -0.4 is 0 Å². The molecule has 0 spiro atoms. The molecule has 0 unspecified atom stereocenters. The molecule has 0 aliphatic heterocycles. The van der Waals surface area contributed by atoms with Gasteiger partial charge in [0.1, 0.15) is 0 Å². The molecule has 0 aliphatic rings. The summed E-state index contributed by atoms with van der Waals surface area (Å²) in [4.78, 5) is 22.0. The van der Waals surface area contributed by atoms with Crippen LogP contribution in [0.3, 0.4) is 0 Å². The van der Waals surface area contributed by atoms with Crippen molar-refractivity contribution < 1.29 is 24.2 Å². The summed E-state index contributed by atoms with van der Waals surface area (Å²) in [7, 11) is 2.52. The van der Waals surface area contributed by atoms with Gasteiger partial charge < -0.3 is 14.6 Å². The Balaban J connectivity index is 5.44. The highest BCUT2D eigenvalue weighted by atomic mass is 16.5. The van der Waals surface area contributed by atoms with E-state index in [-0.39, 0.29) is 5.76 Å². The van der Waals surface area contributed by atoms with Gasteiger partial charge in [-0.1, -0.05) is 20.8 Å². The first-order chi connectivity index (χ1) is 7.72. The van der Waals surface area contributed by atoms with Gasteiger partial charge >= 0.3 is 11.9 Å². The summed E-state index contributed by atoms with van der Waals surface area (Å²) in [6.07, 6.45) is 2.57. The Morgan fingerprint density at radius 3 is 1.88 bits per heavy atom. The van der Waals surface area contributed by atoms with Crippen molar-refractivity contribution in [2.24, 2.45) is 5.41 Å². The van der Waals surface area contributed by atoms with E-state index in [1.54, 1.807) is 0 Å². The van der Waals surface area contributed by atoms with Gasteiger partial charge in [-0.3, -0.25) is 0 Å². The first-order valence-electron chi connectivity index (χ1n) is 5.01. The van der Waals surface area contributed by atoms with Crippen LogP contribution in [0.2, 0.25) is 0 Å². The van der Waals surface area contributed by atoms with Gasteiger partial charge in [0.25, 0.3) is 0 Å². The number of hydrogen-bond acceptors (Lipinski definition) is 4. The number of aliphatic carboxylic acids is 1. The predicted octanol–water partition coefficient (Wildman–Crippen LogP) is 1.75. The van der Waals surface area contributed by atoms with Crippen LogP contribution in [0.25, 0.3) is 0 Å². The maximum Gasteiger partial charge on any atom is 0.371 e. The van der Waals surface area contributed by atoms with Gasteiger partial charge in [0, 0.05) is 6.08 Å². The molecule has 0 rings (SSSR count). The molecule has 0 heterocycles. The summed E-state index contributed by atoms with van der Waals surface area (Å²) in [6, 6.07) is 0. The molecule has 0 atom stereocenters. The highest BCUT2D eigenvalue weighted by Gasteiger charge is 2.19. The minimum absolute atomic E-state index is 0.227. The lowest BCUT2D eigenvalue weighted by atomic mass is 9.85. The normalized spacial score (nSPS) is 13.2. The smallest absolute Gasteiger partial charge is 0.371 e. The molecule has 0 aromatic heterocycles. The Labute approximate surface area is 101 Å². The number of carbonyl (C=O) groups excluding carboxylic acids is 1. The Morgan fingerprint density at radius 2 is 1.59 bits per heavy atom. The zero-order chi connectivity index (χ0) is 13.6. The van der Waals surface area contributed by atoms with Crippen LogP contribution in [0.4, 0.5) is 0 Å². The molecule has 0 aliphatic carbocycles. The first-order valence-corrected chi connectivity index (χ1v) is 5.01. The van der Waals surface area contributed by atoms with Gasteiger partial charge in [0.15, 0.2) is 0 Å². The molecule has 5 heteroatoms. The standard InChI is InChI=1S/C12H18O5/c1-12(2,3)8(7-10(13)17-5)6-9(16-4)11(14)15/h6-7H,1-5H3,(H,14,15)/b8-7-,9-6-. The Hall–Kier alpha value is -1.78. The highest BCUT2D eigenvalue weighted by molar-refractivity contribution is 5.87. The largest absolute Gasteiger partial charge is 0.490 e. The number of methoxy groups -OCH3 is 2. The van der Waals surface area contributed by atoms with Crippen LogP contribution in [-0.4, -0.2) is 31.3 Å². The molecule has 5 nitrogen and oxygen atoms in total. The van der Waals surface area contributed by atoms with E-state index in [0.29, 0.717) is 5.57 Å². The first kappa shape index (κ1) is 15.2. The van der Waals surface area contributed by atoms with Crippen LogP contribution in [-0.2, 0) is 19.1 Å². The van der Waals surface area contributed by atoms with Crippen molar-refractivity contribution in [3.63, 3.8) is 0 Å². The van der Waals surface area contributed by atoms with E-state index in [0.717, 1.165) is 0 Å². The van der Waals surface area contributed by atoms with Crippen LogP contribution in [0.1, 0.15) is 20.8 Å². The fraction of sp³-hybridized carbons (Fsp3) is 0.500. The zero-order valence-electron chi connectivity index (χ0n) is 10.7. The van der Waals surface area contributed by atoms with Crippen molar-refractivity contribution in [1.82, 2.24) is 0 Å². The van der Waals surface area contributed by atoms with Crippen molar-refractivity contribution in [2.45, 2.75) is 20.8 Å². The third-order valence-corrected chi connectivity index (χ3v) is 2.06. The lowest BCUT2D eigenvalue weighted by Crippen LogP contribution is -2.13. The second-order valence-electron chi connectivity index (χ2n) is 4.39. The molecule has 0 saturated carbocycles. The monoisotopic (exact) mass is 242 g/mol. The summed E-state index contributed by atoms with van der Waals surface area (Å²) >= 11 is 0. The molecule has 1 N–H and O–H groups in total. The highest BCUT2D eigenvalue weighted by Crippen LogP contribution is 2.27. The van der Waals surface area contributed by atoms with Crippen molar-refractivity contribution in [2.75, 3.05) is 14.2 Å². The molecule has 17 heavy (non-hydrogen) atoms. The van der Waals surface area contributed by atoms with E-state index < -0.39 is 17.4 Å². The van der Waals surface area contributed by atoms with E-state index in [4.69, 9.17) is 9.84 Å². The number of rotatable bonds is 4. The topological polar surface area (TPSA) is 72.8 Å². The maximum absolute atomic E-state index is 11.2. The molecular formula is C12H18O5. The number of carbonyl (C=O) groups is 2. The molecular weight excluding hydrogens is 224 g/mol. The molecule has 0 aromatic carbocycles. The number of hydrogen-bond donors (Lipinski definition) is 1. The fourth-order valence-corrected chi connectivity index (χ4v) is 1.01. The number of carboxylic acid groups (broad SMARTS) is 1. The van der Waals surface area contributed by atoms with Crippen molar-refractivity contribution in [1.29, 1.82) is 0 Å². The number of allylic oxidation sites excluding steroid dienone is 2. The zero-order valence-corrected chi connectivity index (χ0v) is 10.7. The van der Waals surface area contributed by atoms with Gasteiger partial charge in [0.2, 0.25) is 5.76 Å². The molecule has 0 saturated heterocycles. The van der Waals surface area contributed by atoms with E-state index >= 15 is 0 Å². The van der Waals surface area contributed by atoms with Crippen LogP contribution in [0.15, 0.2) is 23.5 Å². The van der Waals surface area contributed by atoms with E-state index in [9.17, 15) is 9.59 Å². The van der Waals surface area contributed by atoms with E-state index in [1.807, 2.05) is 20.8 Å². The minimum Gasteiger partial charge on any atom is -0.490 e. The Kier molecular flexibility index (Phi) is 5.44. The second-order valence-corrected chi connectivity index (χ2v) is 4.39. The second kappa shape index (κ2) is 6.08. The minimum atomic E-state index is -1.19. The lowest BCUT2D eigenvalue weighted by Gasteiger charge is -2.20. The average molecular weight is 242 g/mol. The fourth-order valence-electron chi connectivity index (χ4n) is 1.01. The number of carboxylic acids is 1. The summed E-state index contributed by atoms with van der Waals surface area (Å²) < 4.78 is 9.24. The SMILES string of the molecule is COC(=O)/C=C(/C=C(\OC)C(=O)O)C(C)(C)C. The summed E-state index contributed by atoms with van der Waals surface area (Å²) in [6.45, 7) is 5.56. The molecule has 96 valence electrons. The van der Waals surface area contributed by atoms with Crippen molar-refractivity contribution >= 4 is 11.9 Å². The quantitative estimate of drug-likeness (QED) is 0.352. The maximum atomic E-state index is 11.2. The third kappa shape index (κ3) is 5.19. The molecule has 0 amide bonds. The lowest BCUT2D eigenvalue weighted by molar-refractivity contribution is -0.136. The summed E-state index contributed by atoms with van der Waals surface area (Å²) in [5.74, 6) is -1.95. The van der Waals surface area contributed by atoms with Gasteiger partial charge in [-0.25, -0.2) is 9.59 Å². The molecule has 0 radical (unpaired) electrons. The van der Waals surface area contributed by atoms with Crippen molar-refractivity contribution in [3.05, 3.63) is 23.5 Å². The van der Waals surface area contributed by atoms with Gasteiger partial charge in [-0.15, -0.1) is 0 Å². The van der Waals surface area contributed by atoms with Crippen LogP contribution in [0.5, 0.6) is 0 Å². The van der Waals surface area contributed by atoms with Gasteiger partial charge in [0.05, 0.1) is 14.2 Å². The Morgan fingerprint density at radius 1 is 1.06 bits per heavy atom. The third-order valence-electron chi connectivity index (χ3n) is 2.06. The van der Waals surface area contributed by atoms with E-state index in [2.05, 4.69) is 4.74 Å². The molecule has 0 aromatic rings. The predicted molar refractivity (Wildman–Crippen MR) is 62.3 cm³/mol. The van der Waals surface area contributed by atoms with E-state index in [1.165, 1.54) is 26.4 Å². The molecule has 0 fully saturated rings. The number of esters is 1. The summed E-state index contributed by atoms with van der Waals surface area (Å²) in [5.41, 5.74) is 0.122. The van der Waals surface area contributed by atoms with Gasteiger partial charge in [-0.2, -0.15) is 0 Å². The summed E-state index contributed by atoms with van der Waals surface area (Å²) in [5, 5.41) is 8.84. The van der Waals surface area contributed by atoms with Gasteiger partial charge in [-0.05, 0) is 17.1 Å². The van der Waals surface area contributed by atoms with Crippen LogP contribution >= 0.6 is 0 Å². The van der Waals surface area contributed by atoms with Crippen molar-refractivity contribution in [3.8, 4) is 0 Å².